The van der Waals surface area contributed by atoms with Crippen LogP contribution >= 0.6 is 15.9 Å². The first-order valence-electron chi connectivity index (χ1n) is 7.04. The Kier molecular flexibility index (Phi) is 4.29. The number of hydrogen-bond donors (Lipinski definition) is 1. The number of carbonyl (C=O) groups is 1. The number of halogens is 1. The molecule has 110 valence electrons. The Bertz CT molecular complexity index is 632. The van der Waals surface area contributed by atoms with Crippen molar-refractivity contribution >= 4 is 27.5 Å². The van der Waals surface area contributed by atoms with Crippen LogP contribution in [0.1, 0.15) is 36.2 Å². The Morgan fingerprint density at radius 2 is 2.05 bits per heavy atom. The third-order valence-corrected chi connectivity index (χ3v) is 3.92. The highest BCUT2D eigenvalue weighted by molar-refractivity contribution is 9.10. The van der Waals surface area contributed by atoms with Crippen LogP contribution < -0.4 is 10.1 Å². The van der Waals surface area contributed by atoms with Gasteiger partial charge in [0, 0.05) is 11.8 Å². The number of benzene rings is 1. The maximum atomic E-state index is 12.0. The van der Waals surface area contributed by atoms with Gasteiger partial charge in [-0.1, -0.05) is 6.07 Å². The zero-order valence-corrected chi connectivity index (χ0v) is 13.1. The molecule has 21 heavy (non-hydrogen) atoms. The molecule has 1 aromatic carbocycles. The number of hydrogen-bond acceptors (Lipinski definition) is 3. The second-order valence-electron chi connectivity index (χ2n) is 5.11. The first-order chi connectivity index (χ1) is 10.2. The fourth-order valence-corrected chi connectivity index (χ4v) is 2.78. The molecule has 0 aliphatic heterocycles. The Balaban J connectivity index is 1.66. The van der Waals surface area contributed by atoms with Crippen LogP contribution in [0, 0.1) is 0 Å². The number of anilines is 1. The lowest BCUT2D eigenvalue weighted by atomic mass is 10.2. The van der Waals surface area contributed by atoms with E-state index in [-0.39, 0.29) is 11.7 Å². The van der Waals surface area contributed by atoms with E-state index in [2.05, 4.69) is 21.2 Å². The fraction of sp³-hybridized carbons (Fsp3) is 0.312. The summed E-state index contributed by atoms with van der Waals surface area (Å²) in [4.78, 5) is 12.0. The molecule has 0 unspecified atom stereocenters. The predicted octanol–water partition coefficient (Wildman–Crippen LogP) is 4.62. The Hall–Kier alpha value is -1.75. The van der Waals surface area contributed by atoms with Gasteiger partial charge in [-0.15, -0.1) is 0 Å². The van der Waals surface area contributed by atoms with Crippen LogP contribution in [0.2, 0.25) is 0 Å². The van der Waals surface area contributed by atoms with Gasteiger partial charge < -0.3 is 14.5 Å². The van der Waals surface area contributed by atoms with E-state index in [1.165, 1.54) is 12.8 Å². The average molecular weight is 350 g/mol. The van der Waals surface area contributed by atoms with Gasteiger partial charge in [-0.3, -0.25) is 4.79 Å². The smallest absolute Gasteiger partial charge is 0.291 e. The summed E-state index contributed by atoms with van der Waals surface area (Å²) in [5.41, 5.74) is 0.697. The van der Waals surface area contributed by atoms with Crippen LogP contribution in [-0.2, 0) is 0 Å². The van der Waals surface area contributed by atoms with Crippen LogP contribution in [0.4, 0.5) is 5.69 Å². The molecule has 4 nitrogen and oxygen atoms in total. The largest absolute Gasteiger partial charge is 0.490 e. The minimum absolute atomic E-state index is 0.268. The molecular formula is C16H16BrNO3. The van der Waals surface area contributed by atoms with Gasteiger partial charge in [0.2, 0.25) is 0 Å². The molecule has 1 saturated carbocycles. The van der Waals surface area contributed by atoms with Gasteiger partial charge in [0.15, 0.2) is 10.4 Å². The molecule has 3 rings (SSSR count). The predicted molar refractivity (Wildman–Crippen MR) is 83.7 cm³/mol. The van der Waals surface area contributed by atoms with E-state index in [4.69, 9.17) is 9.15 Å². The molecule has 1 heterocycles. The van der Waals surface area contributed by atoms with Crippen molar-refractivity contribution in [2.75, 3.05) is 5.32 Å². The average Bonchev–Trinajstić information content (AvgIpc) is 3.11. The maximum absolute atomic E-state index is 12.0. The molecule has 0 radical (unpaired) electrons. The maximum Gasteiger partial charge on any atom is 0.291 e. The molecule has 2 aromatic rings. The third-order valence-electron chi connectivity index (χ3n) is 3.49. The van der Waals surface area contributed by atoms with E-state index in [9.17, 15) is 4.79 Å². The molecule has 1 aliphatic rings. The van der Waals surface area contributed by atoms with Gasteiger partial charge in [-0.05, 0) is 65.9 Å². The molecule has 0 spiro atoms. The van der Waals surface area contributed by atoms with Crippen molar-refractivity contribution in [1.82, 2.24) is 0 Å². The van der Waals surface area contributed by atoms with Crippen molar-refractivity contribution in [3.05, 3.63) is 46.8 Å². The van der Waals surface area contributed by atoms with E-state index in [1.54, 1.807) is 12.1 Å². The van der Waals surface area contributed by atoms with Crippen molar-refractivity contribution < 1.29 is 13.9 Å². The molecule has 1 amide bonds. The summed E-state index contributed by atoms with van der Waals surface area (Å²) in [7, 11) is 0. The lowest BCUT2D eigenvalue weighted by molar-refractivity contribution is 0.0995. The SMILES string of the molecule is O=C(Nc1cccc(OC2CCCC2)c1)c1ccc(Br)o1. The van der Waals surface area contributed by atoms with Gasteiger partial charge in [0.1, 0.15) is 5.75 Å². The lowest BCUT2D eigenvalue weighted by Gasteiger charge is -2.14. The second kappa shape index (κ2) is 6.35. The third kappa shape index (κ3) is 3.67. The summed E-state index contributed by atoms with van der Waals surface area (Å²) in [5, 5.41) is 2.80. The van der Waals surface area contributed by atoms with Crippen molar-refractivity contribution in [2.45, 2.75) is 31.8 Å². The van der Waals surface area contributed by atoms with Crippen LogP contribution in [0.15, 0.2) is 45.5 Å². The summed E-state index contributed by atoms with van der Waals surface area (Å²) in [5.74, 6) is 0.781. The first kappa shape index (κ1) is 14.2. The van der Waals surface area contributed by atoms with Crippen molar-refractivity contribution in [2.24, 2.45) is 0 Å². The molecule has 5 heteroatoms. The summed E-state index contributed by atoms with van der Waals surface area (Å²) < 4.78 is 11.7. The lowest BCUT2D eigenvalue weighted by Crippen LogP contribution is -2.12. The fourth-order valence-electron chi connectivity index (χ4n) is 2.47. The first-order valence-corrected chi connectivity index (χ1v) is 7.83. The highest BCUT2D eigenvalue weighted by atomic mass is 79.9. The number of carbonyl (C=O) groups excluding carboxylic acids is 1. The summed E-state index contributed by atoms with van der Waals surface area (Å²) >= 11 is 3.18. The Morgan fingerprint density at radius 1 is 1.24 bits per heavy atom. The summed E-state index contributed by atoms with van der Waals surface area (Å²) in [6, 6.07) is 10.8. The molecule has 1 aromatic heterocycles. The number of furan rings is 1. The summed E-state index contributed by atoms with van der Waals surface area (Å²) in [6.45, 7) is 0. The number of nitrogens with one attached hydrogen (secondary N) is 1. The van der Waals surface area contributed by atoms with E-state index < -0.39 is 0 Å². The zero-order chi connectivity index (χ0) is 14.7. The normalized spacial score (nSPS) is 15.1. The second-order valence-corrected chi connectivity index (χ2v) is 5.89. The molecular weight excluding hydrogens is 334 g/mol. The van der Waals surface area contributed by atoms with E-state index in [0.717, 1.165) is 18.6 Å². The van der Waals surface area contributed by atoms with Gasteiger partial charge in [0.05, 0.1) is 6.10 Å². The minimum Gasteiger partial charge on any atom is -0.490 e. The molecule has 0 saturated heterocycles. The van der Waals surface area contributed by atoms with E-state index in [1.807, 2.05) is 24.3 Å². The molecule has 0 bridgehead atoms. The molecule has 0 atom stereocenters. The number of rotatable bonds is 4. The van der Waals surface area contributed by atoms with Crippen LogP contribution in [0.25, 0.3) is 0 Å². The van der Waals surface area contributed by atoms with Crippen LogP contribution in [0.3, 0.4) is 0 Å². The number of amides is 1. The Labute approximate surface area is 131 Å². The van der Waals surface area contributed by atoms with Crippen LogP contribution in [0.5, 0.6) is 5.75 Å². The zero-order valence-electron chi connectivity index (χ0n) is 11.5. The Morgan fingerprint density at radius 3 is 2.76 bits per heavy atom. The molecule has 1 aliphatic carbocycles. The van der Waals surface area contributed by atoms with Gasteiger partial charge >= 0.3 is 0 Å². The quantitative estimate of drug-likeness (QED) is 0.876. The van der Waals surface area contributed by atoms with E-state index >= 15 is 0 Å². The molecule has 1 fully saturated rings. The standard InChI is InChI=1S/C16H16BrNO3/c17-15-9-8-14(21-15)16(19)18-11-4-3-7-13(10-11)20-12-5-1-2-6-12/h3-4,7-10,12H,1-2,5-6H2,(H,18,19). The number of ether oxygens (including phenoxy) is 1. The highest BCUT2D eigenvalue weighted by Crippen LogP contribution is 2.26. The van der Waals surface area contributed by atoms with E-state index in [0.29, 0.717) is 16.5 Å². The van der Waals surface area contributed by atoms with Gasteiger partial charge in [-0.2, -0.15) is 0 Å². The van der Waals surface area contributed by atoms with Gasteiger partial charge in [0.25, 0.3) is 5.91 Å². The van der Waals surface area contributed by atoms with Crippen LogP contribution in [-0.4, -0.2) is 12.0 Å². The minimum atomic E-state index is -0.279. The van der Waals surface area contributed by atoms with Crippen molar-refractivity contribution in [3.63, 3.8) is 0 Å². The van der Waals surface area contributed by atoms with Crippen molar-refractivity contribution in [1.29, 1.82) is 0 Å². The highest BCUT2D eigenvalue weighted by Gasteiger charge is 2.17. The molecule has 1 N–H and O–H groups in total. The van der Waals surface area contributed by atoms with Gasteiger partial charge in [-0.25, -0.2) is 0 Å². The van der Waals surface area contributed by atoms with Crippen molar-refractivity contribution in [3.8, 4) is 5.75 Å². The topological polar surface area (TPSA) is 51.5 Å². The summed E-state index contributed by atoms with van der Waals surface area (Å²) in [6.07, 6.45) is 4.98. The monoisotopic (exact) mass is 349 g/mol.